The molecule has 2 aliphatic heterocycles. The minimum absolute atomic E-state index is 0.0795. The summed E-state index contributed by atoms with van der Waals surface area (Å²) >= 11 is 0. The van der Waals surface area contributed by atoms with Crippen LogP contribution in [0.15, 0.2) is 18.2 Å². The van der Waals surface area contributed by atoms with E-state index in [0.29, 0.717) is 39.0 Å². The smallest absolute Gasteiger partial charge is 0.239 e. The molecule has 1 atom stereocenters. The fraction of sp³-hybridized carbons (Fsp3) is 0.636. The second-order valence-corrected chi connectivity index (χ2v) is 7.95. The van der Waals surface area contributed by atoms with Crippen molar-refractivity contribution in [3.63, 3.8) is 0 Å². The summed E-state index contributed by atoms with van der Waals surface area (Å²) in [6.07, 6.45) is 4.26. The summed E-state index contributed by atoms with van der Waals surface area (Å²) in [6.45, 7) is 6.40. The molecule has 2 amide bonds. The molecule has 0 N–H and O–H groups in total. The lowest BCUT2D eigenvalue weighted by atomic mass is 10.1. The van der Waals surface area contributed by atoms with Gasteiger partial charge in [0.2, 0.25) is 11.8 Å². The average molecular weight is 406 g/mol. The molecule has 0 bridgehead atoms. The number of likely N-dealkylation sites (tertiary alicyclic amines) is 1. The van der Waals surface area contributed by atoms with Gasteiger partial charge in [-0.1, -0.05) is 6.07 Å². The van der Waals surface area contributed by atoms with E-state index in [1.165, 1.54) is 19.6 Å². The summed E-state index contributed by atoms with van der Waals surface area (Å²) in [7, 11) is 1.43. The van der Waals surface area contributed by atoms with Gasteiger partial charge < -0.3 is 14.5 Å². The van der Waals surface area contributed by atoms with Gasteiger partial charge >= 0.3 is 0 Å². The predicted octanol–water partition coefficient (Wildman–Crippen LogP) is 2.31. The lowest BCUT2D eigenvalue weighted by Gasteiger charge is -2.39. The minimum Gasteiger partial charge on any atom is -0.494 e. The van der Waals surface area contributed by atoms with Crippen molar-refractivity contribution in [2.45, 2.75) is 45.1 Å². The van der Waals surface area contributed by atoms with E-state index in [2.05, 4.69) is 4.90 Å². The van der Waals surface area contributed by atoms with E-state index in [9.17, 15) is 14.0 Å². The zero-order valence-electron chi connectivity index (χ0n) is 17.5. The standard InChI is InChI=1S/C22H32FN3O3/c1-17(22(28)26-10-4-3-5-11-26)24-12-14-25(15-13-24)21(27)9-7-18-6-8-20(29-2)19(23)16-18/h6,8,16-17H,3-5,7,9-15H2,1-2H3. The Morgan fingerprint density at radius 3 is 2.34 bits per heavy atom. The molecule has 2 aliphatic rings. The molecule has 1 aromatic carbocycles. The van der Waals surface area contributed by atoms with Gasteiger partial charge in [0, 0.05) is 45.7 Å². The van der Waals surface area contributed by atoms with Crippen molar-refractivity contribution in [2.24, 2.45) is 0 Å². The number of methoxy groups -OCH3 is 1. The summed E-state index contributed by atoms with van der Waals surface area (Å²) in [5, 5.41) is 0. The molecule has 0 saturated carbocycles. The third-order valence-corrected chi connectivity index (χ3v) is 6.08. The molecule has 0 aromatic heterocycles. The fourth-order valence-electron chi connectivity index (χ4n) is 4.17. The highest BCUT2D eigenvalue weighted by Gasteiger charge is 2.30. The van der Waals surface area contributed by atoms with E-state index in [4.69, 9.17) is 4.74 Å². The maximum absolute atomic E-state index is 13.8. The van der Waals surface area contributed by atoms with Crippen LogP contribution in [0, 0.1) is 5.82 Å². The normalized spacial score (nSPS) is 19.1. The van der Waals surface area contributed by atoms with Crippen LogP contribution in [0.4, 0.5) is 4.39 Å². The van der Waals surface area contributed by atoms with Crippen LogP contribution >= 0.6 is 0 Å². The molecule has 3 rings (SSSR count). The first-order chi connectivity index (χ1) is 14.0. The van der Waals surface area contributed by atoms with Crippen molar-refractivity contribution in [1.29, 1.82) is 0 Å². The summed E-state index contributed by atoms with van der Waals surface area (Å²) < 4.78 is 18.7. The van der Waals surface area contributed by atoms with Crippen LogP contribution in [-0.2, 0) is 16.0 Å². The number of nitrogens with zero attached hydrogens (tertiary/aromatic N) is 3. The zero-order chi connectivity index (χ0) is 20.8. The largest absolute Gasteiger partial charge is 0.494 e. The molecule has 2 saturated heterocycles. The zero-order valence-corrected chi connectivity index (χ0v) is 17.5. The number of benzene rings is 1. The van der Waals surface area contributed by atoms with Crippen LogP contribution in [0.1, 0.15) is 38.2 Å². The number of carbonyl (C=O) groups excluding carboxylic acids is 2. The third-order valence-electron chi connectivity index (χ3n) is 6.08. The minimum atomic E-state index is -0.404. The van der Waals surface area contributed by atoms with E-state index in [0.717, 1.165) is 31.5 Å². The molecule has 7 heteroatoms. The molecular weight excluding hydrogens is 373 g/mol. The van der Waals surface area contributed by atoms with E-state index < -0.39 is 5.82 Å². The van der Waals surface area contributed by atoms with Crippen molar-refractivity contribution < 1.29 is 18.7 Å². The molecule has 0 spiro atoms. The van der Waals surface area contributed by atoms with E-state index in [-0.39, 0.29) is 23.6 Å². The van der Waals surface area contributed by atoms with Gasteiger partial charge in [-0.2, -0.15) is 0 Å². The van der Waals surface area contributed by atoms with Gasteiger partial charge in [-0.25, -0.2) is 4.39 Å². The Bertz CT molecular complexity index is 713. The number of hydrogen-bond acceptors (Lipinski definition) is 4. The number of aryl methyl sites for hydroxylation is 1. The van der Waals surface area contributed by atoms with E-state index in [1.807, 2.05) is 16.7 Å². The summed E-state index contributed by atoms with van der Waals surface area (Å²) in [4.78, 5) is 31.3. The molecule has 6 nitrogen and oxygen atoms in total. The number of hydrogen-bond donors (Lipinski definition) is 0. The monoisotopic (exact) mass is 405 g/mol. The number of rotatable bonds is 6. The third kappa shape index (κ3) is 5.47. The van der Waals surface area contributed by atoms with Crippen molar-refractivity contribution in [2.75, 3.05) is 46.4 Å². The first-order valence-corrected chi connectivity index (χ1v) is 10.6. The van der Waals surface area contributed by atoms with Gasteiger partial charge in [0.15, 0.2) is 11.6 Å². The van der Waals surface area contributed by atoms with Crippen LogP contribution in [0.5, 0.6) is 5.75 Å². The lowest BCUT2D eigenvalue weighted by molar-refractivity contribution is -0.139. The second-order valence-electron chi connectivity index (χ2n) is 7.95. The number of ether oxygens (including phenoxy) is 1. The number of amides is 2. The molecule has 1 unspecified atom stereocenters. The van der Waals surface area contributed by atoms with Gasteiger partial charge in [0.1, 0.15) is 0 Å². The topological polar surface area (TPSA) is 53.1 Å². The maximum atomic E-state index is 13.8. The van der Waals surface area contributed by atoms with Gasteiger partial charge in [0.25, 0.3) is 0 Å². The molecule has 0 aliphatic carbocycles. The Morgan fingerprint density at radius 1 is 1.03 bits per heavy atom. The van der Waals surface area contributed by atoms with E-state index in [1.54, 1.807) is 12.1 Å². The molecule has 0 radical (unpaired) electrons. The van der Waals surface area contributed by atoms with E-state index >= 15 is 0 Å². The summed E-state index contributed by atoms with van der Waals surface area (Å²) in [6, 6.07) is 4.68. The van der Waals surface area contributed by atoms with Crippen LogP contribution in [0.2, 0.25) is 0 Å². The average Bonchev–Trinajstić information content (AvgIpc) is 2.77. The molecular formula is C22H32FN3O3. The van der Waals surface area contributed by atoms with Crippen molar-refractivity contribution in [3.8, 4) is 5.75 Å². The van der Waals surface area contributed by atoms with Crippen LogP contribution in [0.3, 0.4) is 0 Å². The van der Waals surface area contributed by atoms with Crippen molar-refractivity contribution >= 4 is 11.8 Å². The first kappa shape index (κ1) is 21.6. The number of piperazine rings is 1. The number of carbonyl (C=O) groups is 2. The lowest BCUT2D eigenvalue weighted by Crippen LogP contribution is -2.56. The molecule has 2 fully saturated rings. The fourth-order valence-corrected chi connectivity index (χ4v) is 4.17. The Labute approximate surface area is 172 Å². The first-order valence-electron chi connectivity index (χ1n) is 10.6. The summed E-state index contributed by atoms with van der Waals surface area (Å²) in [5.41, 5.74) is 0.788. The molecule has 2 heterocycles. The van der Waals surface area contributed by atoms with Gasteiger partial charge in [-0.05, 0) is 50.3 Å². The van der Waals surface area contributed by atoms with Crippen LogP contribution < -0.4 is 4.74 Å². The number of piperidine rings is 1. The van der Waals surface area contributed by atoms with Gasteiger partial charge in [0.05, 0.1) is 13.2 Å². The van der Waals surface area contributed by atoms with Crippen LogP contribution in [-0.4, -0.2) is 78.9 Å². The Balaban J connectivity index is 1.44. The van der Waals surface area contributed by atoms with Gasteiger partial charge in [-0.15, -0.1) is 0 Å². The molecule has 1 aromatic rings. The maximum Gasteiger partial charge on any atom is 0.239 e. The highest BCUT2D eigenvalue weighted by molar-refractivity contribution is 5.81. The molecule has 160 valence electrons. The second kappa shape index (κ2) is 10.1. The predicted molar refractivity (Wildman–Crippen MR) is 109 cm³/mol. The summed E-state index contributed by atoms with van der Waals surface area (Å²) in [5.74, 6) is 0.102. The Hall–Kier alpha value is -2.15. The SMILES string of the molecule is COc1ccc(CCC(=O)N2CCN(C(C)C(=O)N3CCCCC3)CC2)cc1F. The highest BCUT2D eigenvalue weighted by Crippen LogP contribution is 2.19. The number of halogens is 1. The van der Waals surface area contributed by atoms with Crippen molar-refractivity contribution in [3.05, 3.63) is 29.6 Å². The van der Waals surface area contributed by atoms with Gasteiger partial charge in [-0.3, -0.25) is 14.5 Å². The van der Waals surface area contributed by atoms with Crippen molar-refractivity contribution in [1.82, 2.24) is 14.7 Å². The van der Waals surface area contributed by atoms with Crippen LogP contribution in [0.25, 0.3) is 0 Å². The highest BCUT2D eigenvalue weighted by atomic mass is 19.1. The quantitative estimate of drug-likeness (QED) is 0.729. The Morgan fingerprint density at radius 2 is 1.72 bits per heavy atom. The molecule has 29 heavy (non-hydrogen) atoms. The Kier molecular flexibility index (Phi) is 7.47.